The van der Waals surface area contributed by atoms with E-state index in [9.17, 15) is 13.6 Å². The molecule has 3 nitrogen and oxygen atoms in total. The largest absolute Gasteiger partial charge is 0.290 e. The molecule has 0 bridgehead atoms. The van der Waals surface area contributed by atoms with E-state index in [1.54, 1.807) is 35.0 Å². The van der Waals surface area contributed by atoms with Crippen LogP contribution in [0.15, 0.2) is 67.1 Å². The van der Waals surface area contributed by atoms with E-state index in [-0.39, 0.29) is 40.9 Å². The molecule has 0 unspecified atom stereocenters. The van der Waals surface area contributed by atoms with Crippen molar-refractivity contribution in [3.8, 4) is 11.3 Å². The Kier molecular flexibility index (Phi) is 5.87. The van der Waals surface area contributed by atoms with Gasteiger partial charge in [0.2, 0.25) is 5.78 Å². The van der Waals surface area contributed by atoms with Crippen molar-refractivity contribution in [1.29, 1.82) is 0 Å². The summed E-state index contributed by atoms with van der Waals surface area (Å²) in [5.41, 5.74) is 1.33. The summed E-state index contributed by atoms with van der Waals surface area (Å²) < 4.78 is 28.2. The predicted octanol–water partition coefficient (Wildman–Crippen LogP) is 3.78. The molecule has 0 spiro atoms. The number of ketones is 1. The van der Waals surface area contributed by atoms with Gasteiger partial charge in [0.15, 0.2) is 12.2 Å². The molecule has 0 fully saturated rings. The summed E-state index contributed by atoms with van der Waals surface area (Å²) in [5, 5.41) is 0. The molecular formula is C18H14BrF2N2O+. The van der Waals surface area contributed by atoms with E-state index in [1.165, 1.54) is 36.7 Å². The normalized spacial score (nSPS) is 10.1. The first-order chi connectivity index (χ1) is 11.1. The van der Waals surface area contributed by atoms with Crippen LogP contribution in [-0.4, -0.2) is 10.8 Å². The van der Waals surface area contributed by atoms with Crippen LogP contribution in [-0.2, 0) is 6.54 Å². The van der Waals surface area contributed by atoms with Gasteiger partial charge in [-0.15, -0.1) is 17.0 Å². The van der Waals surface area contributed by atoms with E-state index in [4.69, 9.17) is 0 Å². The quantitative estimate of drug-likeness (QED) is 0.500. The molecule has 3 aromatic rings. The molecular weight excluding hydrogens is 378 g/mol. The average Bonchev–Trinajstić information content (AvgIpc) is 2.57. The third kappa shape index (κ3) is 4.08. The lowest BCUT2D eigenvalue weighted by molar-refractivity contribution is -0.686. The maximum atomic E-state index is 13.7. The van der Waals surface area contributed by atoms with Crippen LogP contribution in [0.4, 0.5) is 8.78 Å². The topological polar surface area (TPSA) is 33.8 Å². The van der Waals surface area contributed by atoms with Crippen LogP contribution in [0.25, 0.3) is 11.3 Å². The van der Waals surface area contributed by atoms with E-state index < -0.39 is 0 Å². The lowest BCUT2D eigenvalue weighted by Gasteiger charge is -2.01. The van der Waals surface area contributed by atoms with Crippen molar-refractivity contribution in [3.63, 3.8) is 0 Å². The number of aromatic nitrogens is 2. The molecule has 1 heterocycles. The summed E-state index contributed by atoms with van der Waals surface area (Å²) in [6.07, 6.45) is 3.14. The van der Waals surface area contributed by atoms with Gasteiger partial charge >= 0.3 is 0 Å². The SMILES string of the molecule is Br.O=C(C[n+]1ccc(-c2ccccc2F)nc1)c1ccc(F)cc1. The molecule has 0 saturated carbocycles. The maximum Gasteiger partial charge on any atom is 0.287 e. The Hall–Kier alpha value is -2.47. The van der Waals surface area contributed by atoms with Gasteiger partial charge in [-0.05, 0) is 41.4 Å². The van der Waals surface area contributed by atoms with Gasteiger partial charge in [0.25, 0.3) is 6.33 Å². The lowest BCUT2D eigenvalue weighted by atomic mass is 10.1. The van der Waals surface area contributed by atoms with E-state index >= 15 is 0 Å². The van der Waals surface area contributed by atoms with Gasteiger partial charge < -0.3 is 0 Å². The number of hydrogen-bond donors (Lipinski definition) is 0. The van der Waals surface area contributed by atoms with Crippen LogP contribution in [0.5, 0.6) is 0 Å². The molecule has 0 amide bonds. The number of hydrogen-bond acceptors (Lipinski definition) is 2. The van der Waals surface area contributed by atoms with Gasteiger partial charge in [0, 0.05) is 11.6 Å². The zero-order valence-electron chi connectivity index (χ0n) is 12.5. The fourth-order valence-electron chi connectivity index (χ4n) is 2.20. The van der Waals surface area contributed by atoms with Crippen molar-refractivity contribution in [2.45, 2.75) is 6.54 Å². The van der Waals surface area contributed by atoms with Gasteiger partial charge in [0.05, 0.1) is 11.8 Å². The Labute approximate surface area is 148 Å². The summed E-state index contributed by atoms with van der Waals surface area (Å²) in [5.74, 6) is -0.888. The van der Waals surface area contributed by atoms with E-state index in [0.29, 0.717) is 16.8 Å². The lowest BCUT2D eigenvalue weighted by Crippen LogP contribution is -2.37. The summed E-state index contributed by atoms with van der Waals surface area (Å²) in [4.78, 5) is 16.3. The van der Waals surface area contributed by atoms with Crippen LogP contribution in [0.1, 0.15) is 10.4 Å². The van der Waals surface area contributed by atoms with Crippen LogP contribution < -0.4 is 4.57 Å². The zero-order valence-corrected chi connectivity index (χ0v) is 14.2. The highest BCUT2D eigenvalue weighted by molar-refractivity contribution is 8.93. The second-order valence-electron chi connectivity index (χ2n) is 5.03. The molecule has 6 heteroatoms. The first-order valence-electron chi connectivity index (χ1n) is 7.02. The molecule has 0 saturated heterocycles. The predicted molar refractivity (Wildman–Crippen MR) is 90.9 cm³/mol. The van der Waals surface area contributed by atoms with Gasteiger partial charge in [-0.25, -0.2) is 13.3 Å². The second kappa shape index (κ2) is 7.88. The van der Waals surface area contributed by atoms with Crippen LogP contribution in [0.3, 0.4) is 0 Å². The van der Waals surface area contributed by atoms with E-state index in [0.717, 1.165) is 0 Å². The maximum absolute atomic E-state index is 13.7. The highest BCUT2D eigenvalue weighted by Gasteiger charge is 2.13. The van der Waals surface area contributed by atoms with Crippen molar-refractivity contribution < 1.29 is 18.1 Å². The molecule has 0 aliphatic rings. The van der Waals surface area contributed by atoms with Gasteiger partial charge in [-0.3, -0.25) is 4.79 Å². The molecule has 0 N–H and O–H groups in total. The third-order valence-corrected chi connectivity index (χ3v) is 3.41. The Morgan fingerprint density at radius 1 is 1.00 bits per heavy atom. The Bertz CT molecular complexity index is 836. The Morgan fingerprint density at radius 2 is 1.71 bits per heavy atom. The van der Waals surface area contributed by atoms with Gasteiger partial charge in [-0.2, -0.15) is 0 Å². The highest BCUT2D eigenvalue weighted by Crippen LogP contribution is 2.18. The first kappa shape index (κ1) is 17.9. The first-order valence-corrected chi connectivity index (χ1v) is 7.02. The summed E-state index contributed by atoms with van der Waals surface area (Å²) >= 11 is 0. The van der Waals surface area contributed by atoms with Crippen molar-refractivity contribution in [2.75, 3.05) is 0 Å². The Morgan fingerprint density at radius 3 is 2.33 bits per heavy atom. The second-order valence-corrected chi connectivity index (χ2v) is 5.03. The van der Waals surface area contributed by atoms with E-state index in [1.807, 2.05) is 0 Å². The monoisotopic (exact) mass is 391 g/mol. The molecule has 0 aliphatic carbocycles. The molecule has 1 aromatic heterocycles. The summed E-state index contributed by atoms with van der Waals surface area (Å²) in [7, 11) is 0. The number of rotatable bonds is 4. The van der Waals surface area contributed by atoms with Crippen molar-refractivity contribution in [1.82, 2.24) is 4.98 Å². The van der Waals surface area contributed by atoms with Crippen LogP contribution in [0, 0.1) is 11.6 Å². The zero-order chi connectivity index (χ0) is 16.2. The highest BCUT2D eigenvalue weighted by atomic mass is 79.9. The van der Waals surface area contributed by atoms with Gasteiger partial charge in [0.1, 0.15) is 11.6 Å². The molecule has 24 heavy (non-hydrogen) atoms. The number of carbonyl (C=O) groups excluding carboxylic acids is 1. The molecule has 2 aromatic carbocycles. The number of benzene rings is 2. The minimum Gasteiger partial charge on any atom is -0.290 e. The van der Waals surface area contributed by atoms with Crippen LogP contribution in [0.2, 0.25) is 0 Å². The van der Waals surface area contributed by atoms with Crippen molar-refractivity contribution in [2.24, 2.45) is 0 Å². The number of carbonyl (C=O) groups is 1. The number of nitrogens with zero attached hydrogens (tertiary/aromatic N) is 2. The average molecular weight is 392 g/mol. The number of Topliss-reactive ketones (excluding diaryl/α,β-unsaturated/α-hetero) is 1. The summed E-state index contributed by atoms with van der Waals surface area (Å²) in [6.45, 7) is 0.0795. The molecule has 3 rings (SSSR count). The molecule has 0 aliphatic heterocycles. The smallest absolute Gasteiger partial charge is 0.287 e. The number of halogens is 3. The molecule has 0 atom stereocenters. The van der Waals surface area contributed by atoms with Crippen molar-refractivity contribution in [3.05, 3.63) is 84.3 Å². The van der Waals surface area contributed by atoms with Gasteiger partial charge in [-0.1, -0.05) is 12.1 Å². The summed E-state index contributed by atoms with van der Waals surface area (Å²) in [6, 6.07) is 13.4. The minimum atomic E-state index is -0.384. The minimum absolute atomic E-state index is 0. The molecule has 122 valence electrons. The fourth-order valence-corrected chi connectivity index (χ4v) is 2.20. The Balaban J connectivity index is 0.00000208. The standard InChI is InChI=1S/C18H13F2N2O.BrH/c19-14-7-5-13(6-8-14)18(23)11-22-10-9-17(21-12-22)15-3-1-2-4-16(15)20;/h1-10,12H,11H2;1H/q+1;. The molecule has 0 radical (unpaired) electrons. The van der Waals surface area contributed by atoms with Crippen molar-refractivity contribution >= 4 is 22.8 Å². The third-order valence-electron chi connectivity index (χ3n) is 3.41. The van der Waals surface area contributed by atoms with Crippen LogP contribution >= 0.6 is 17.0 Å². The fraction of sp³-hybridized carbons (Fsp3) is 0.0556. The van der Waals surface area contributed by atoms with E-state index in [2.05, 4.69) is 4.98 Å².